The second kappa shape index (κ2) is 4.57. The summed E-state index contributed by atoms with van der Waals surface area (Å²) in [6.45, 7) is 0. The molecule has 5 nitrogen and oxygen atoms in total. The fourth-order valence-electron chi connectivity index (χ4n) is 1.99. The van der Waals surface area contributed by atoms with E-state index in [1.165, 1.54) is 6.07 Å². The first-order chi connectivity index (χ1) is 7.66. The van der Waals surface area contributed by atoms with E-state index in [2.05, 4.69) is 5.32 Å². The van der Waals surface area contributed by atoms with E-state index in [0.717, 1.165) is 25.7 Å². The maximum Gasteiger partial charge on any atom is 0.371 e. The Morgan fingerprint density at radius 3 is 2.75 bits per heavy atom. The van der Waals surface area contributed by atoms with Crippen LogP contribution < -0.4 is 5.32 Å². The summed E-state index contributed by atoms with van der Waals surface area (Å²) in [6.07, 6.45) is 3.39. The van der Waals surface area contributed by atoms with Gasteiger partial charge in [-0.05, 0) is 18.9 Å². The first-order valence-electron chi connectivity index (χ1n) is 5.44. The third-order valence-corrected chi connectivity index (χ3v) is 2.87. The van der Waals surface area contributed by atoms with E-state index in [4.69, 9.17) is 9.52 Å². The molecule has 1 aliphatic rings. The molecular weight excluding hydrogens is 210 g/mol. The molecule has 1 aromatic rings. The lowest BCUT2D eigenvalue weighted by Crippen LogP contribution is -2.36. The number of rotatable bonds is 3. The van der Waals surface area contributed by atoms with Crippen molar-refractivity contribution in [1.82, 2.24) is 0 Å². The van der Waals surface area contributed by atoms with Crippen LogP contribution in [0.15, 0.2) is 16.5 Å². The van der Waals surface area contributed by atoms with Gasteiger partial charge in [-0.2, -0.15) is 0 Å². The molecule has 16 heavy (non-hydrogen) atoms. The highest BCUT2D eigenvalue weighted by atomic mass is 16.4. The molecule has 2 atom stereocenters. The standard InChI is InChI=1S/C11H15NO4/c13-8-4-2-1-3-7(8)12-10-6-5-9(16-10)11(14)15/h5-8,12-13H,1-4H2,(H,14,15). The molecule has 0 saturated heterocycles. The number of carbonyl (C=O) groups is 1. The SMILES string of the molecule is O=C(O)c1ccc(NC2CCCCC2O)o1. The Morgan fingerprint density at radius 2 is 2.12 bits per heavy atom. The number of hydrogen-bond acceptors (Lipinski definition) is 4. The molecule has 2 rings (SSSR count). The maximum atomic E-state index is 10.6. The quantitative estimate of drug-likeness (QED) is 0.729. The van der Waals surface area contributed by atoms with Crippen molar-refractivity contribution in [3.63, 3.8) is 0 Å². The van der Waals surface area contributed by atoms with Crippen molar-refractivity contribution in [3.8, 4) is 0 Å². The minimum absolute atomic E-state index is 0.0402. The first kappa shape index (κ1) is 11.0. The summed E-state index contributed by atoms with van der Waals surface area (Å²) >= 11 is 0. The van der Waals surface area contributed by atoms with Gasteiger partial charge in [0, 0.05) is 6.07 Å². The molecule has 1 fully saturated rings. The number of aliphatic hydroxyl groups excluding tert-OH is 1. The monoisotopic (exact) mass is 225 g/mol. The molecule has 88 valence electrons. The van der Waals surface area contributed by atoms with Gasteiger partial charge in [0.1, 0.15) is 0 Å². The van der Waals surface area contributed by atoms with Crippen molar-refractivity contribution in [2.45, 2.75) is 37.8 Å². The van der Waals surface area contributed by atoms with Crippen LogP contribution in [0.5, 0.6) is 0 Å². The number of aromatic carboxylic acids is 1. The Hall–Kier alpha value is -1.49. The molecular formula is C11H15NO4. The Labute approximate surface area is 93.1 Å². The van der Waals surface area contributed by atoms with E-state index in [-0.39, 0.29) is 17.9 Å². The Morgan fingerprint density at radius 1 is 1.38 bits per heavy atom. The fraction of sp³-hybridized carbons (Fsp3) is 0.545. The second-order valence-corrected chi connectivity index (χ2v) is 4.07. The summed E-state index contributed by atoms with van der Waals surface area (Å²) in [5.41, 5.74) is 0. The molecule has 0 bridgehead atoms. The summed E-state index contributed by atoms with van der Waals surface area (Å²) in [6, 6.07) is 2.94. The molecule has 0 amide bonds. The van der Waals surface area contributed by atoms with Gasteiger partial charge in [0.15, 0.2) is 5.88 Å². The zero-order chi connectivity index (χ0) is 11.5. The van der Waals surface area contributed by atoms with E-state index in [1.807, 2.05) is 0 Å². The number of carboxylic acids is 1. The van der Waals surface area contributed by atoms with Crippen molar-refractivity contribution in [2.24, 2.45) is 0 Å². The third-order valence-electron chi connectivity index (χ3n) is 2.87. The highest BCUT2D eigenvalue weighted by Gasteiger charge is 2.23. The van der Waals surface area contributed by atoms with Crippen LogP contribution in [0.4, 0.5) is 5.88 Å². The highest BCUT2D eigenvalue weighted by molar-refractivity contribution is 5.84. The van der Waals surface area contributed by atoms with Crippen molar-refractivity contribution in [2.75, 3.05) is 5.32 Å². The molecule has 0 radical (unpaired) electrons. The number of aliphatic hydroxyl groups is 1. The average Bonchev–Trinajstić information content (AvgIpc) is 2.70. The largest absolute Gasteiger partial charge is 0.475 e. The molecule has 1 heterocycles. The van der Waals surface area contributed by atoms with Gasteiger partial charge in [-0.15, -0.1) is 0 Å². The lowest BCUT2D eigenvalue weighted by Gasteiger charge is -2.28. The van der Waals surface area contributed by atoms with E-state index >= 15 is 0 Å². The van der Waals surface area contributed by atoms with Crippen LogP contribution >= 0.6 is 0 Å². The van der Waals surface area contributed by atoms with Crippen LogP contribution in [-0.4, -0.2) is 28.3 Å². The van der Waals surface area contributed by atoms with E-state index in [1.54, 1.807) is 6.07 Å². The molecule has 1 aromatic heterocycles. The minimum atomic E-state index is -1.09. The van der Waals surface area contributed by atoms with E-state index in [0.29, 0.717) is 5.88 Å². The first-order valence-corrected chi connectivity index (χ1v) is 5.44. The summed E-state index contributed by atoms with van der Waals surface area (Å²) < 4.78 is 5.07. The number of furan rings is 1. The van der Waals surface area contributed by atoms with Crippen molar-refractivity contribution in [1.29, 1.82) is 0 Å². The molecule has 5 heteroatoms. The molecule has 0 aromatic carbocycles. The minimum Gasteiger partial charge on any atom is -0.475 e. The predicted molar refractivity (Wildman–Crippen MR) is 57.6 cm³/mol. The van der Waals surface area contributed by atoms with E-state index < -0.39 is 5.97 Å². The molecule has 3 N–H and O–H groups in total. The highest BCUT2D eigenvalue weighted by Crippen LogP contribution is 2.23. The molecule has 1 aliphatic carbocycles. The zero-order valence-corrected chi connectivity index (χ0v) is 8.85. The normalized spacial score (nSPS) is 25.3. The summed E-state index contributed by atoms with van der Waals surface area (Å²) in [5, 5.41) is 21.4. The van der Waals surface area contributed by atoms with Crippen LogP contribution in [0.2, 0.25) is 0 Å². The lowest BCUT2D eigenvalue weighted by atomic mass is 9.93. The number of hydrogen-bond donors (Lipinski definition) is 3. The van der Waals surface area contributed by atoms with Gasteiger partial charge in [0.25, 0.3) is 0 Å². The van der Waals surface area contributed by atoms with Crippen LogP contribution in [-0.2, 0) is 0 Å². The number of carboxylic acid groups (broad SMARTS) is 1. The Bertz CT molecular complexity index is 374. The van der Waals surface area contributed by atoms with Crippen LogP contribution in [0, 0.1) is 0 Å². The Balaban J connectivity index is 1.99. The summed E-state index contributed by atoms with van der Waals surface area (Å²) in [7, 11) is 0. The predicted octanol–water partition coefficient (Wildman–Crippen LogP) is 1.69. The molecule has 0 spiro atoms. The van der Waals surface area contributed by atoms with Gasteiger partial charge in [0.05, 0.1) is 12.1 Å². The number of anilines is 1. The van der Waals surface area contributed by atoms with Gasteiger partial charge in [-0.1, -0.05) is 12.8 Å². The van der Waals surface area contributed by atoms with Crippen LogP contribution in [0.25, 0.3) is 0 Å². The molecule has 0 aliphatic heterocycles. The molecule has 2 unspecified atom stereocenters. The summed E-state index contributed by atoms with van der Waals surface area (Å²) in [5.74, 6) is -0.770. The third kappa shape index (κ3) is 2.36. The maximum absolute atomic E-state index is 10.6. The van der Waals surface area contributed by atoms with Crippen molar-refractivity contribution >= 4 is 11.9 Å². The van der Waals surface area contributed by atoms with Gasteiger partial charge in [-0.25, -0.2) is 4.79 Å². The average molecular weight is 225 g/mol. The lowest BCUT2D eigenvalue weighted by molar-refractivity contribution is 0.0663. The summed E-state index contributed by atoms with van der Waals surface area (Å²) in [4.78, 5) is 10.6. The second-order valence-electron chi connectivity index (χ2n) is 4.07. The van der Waals surface area contributed by atoms with Gasteiger partial charge in [-0.3, -0.25) is 0 Å². The van der Waals surface area contributed by atoms with Gasteiger partial charge >= 0.3 is 5.97 Å². The smallest absolute Gasteiger partial charge is 0.371 e. The van der Waals surface area contributed by atoms with Gasteiger partial charge in [0.2, 0.25) is 5.76 Å². The molecule has 1 saturated carbocycles. The van der Waals surface area contributed by atoms with E-state index in [9.17, 15) is 9.90 Å². The van der Waals surface area contributed by atoms with Crippen LogP contribution in [0.1, 0.15) is 36.2 Å². The van der Waals surface area contributed by atoms with Crippen molar-refractivity contribution < 1.29 is 19.4 Å². The number of nitrogens with one attached hydrogen (secondary N) is 1. The fourth-order valence-corrected chi connectivity index (χ4v) is 1.99. The van der Waals surface area contributed by atoms with Crippen LogP contribution in [0.3, 0.4) is 0 Å². The van der Waals surface area contributed by atoms with Crippen molar-refractivity contribution in [3.05, 3.63) is 17.9 Å². The Kier molecular flexibility index (Phi) is 3.14. The topological polar surface area (TPSA) is 82.7 Å². The van der Waals surface area contributed by atoms with Gasteiger partial charge < -0.3 is 19.9 Å². The zero-order valence-electron chi connectivity index (χ0n) is 8.85.